The molecule has 0 aromatic rings. The Kier molecular flexibility index (Phi) is 3.80. The maximum absolute atomic E-state index is 11.2. The summed E-state index contributed by atoms with van der Waals surface area (Å²) in [5.41, 5.74) is 0. The van der Waals surface area contributed by atoms with Gasteiger partial charge in [-0.2, -0.15) is 0 Å². The molecule has 0 heterocycles. The second-order valence-electron chi connectivity index (χ2n) is 3.51. The molecule has 0 N–H and O–H groups in total. The van der Waals surface area contributed by atoms with E-state index >= 15 is 0 Å². The van der Waals surface area contributed by atoms with E-state index < -0.39 is 11.8 Å². The van der Waals surface area contributed by atoms with E-state index in [1.807, 2.05) is 0 Å². The third-order valence-corrected chi connectivity index (χ3v) is 2.07. The van der Waals surface area contributed by atoms with E-state index in [0.29, 0.717) is 12.3 Å². The molecule has 1 aliphatic rings. The number of ketones is 2. The Hall–Kier alpha value is -1.19. The van der Waals surface area contributed by atoms with Gasteiger partial charge in [0.25, 0.3) is 0 Å². The van der Waals surface area contributed by atoms with Crippen molar-refractivity contribution in [2.75, 3.05) is 6.61 Å². The molecule has 0 radical (unpaired) electrons. The first-order valence-electron chi connectivity index (χ1n) is 4.85. The second-order valence-corrected chi connectivity index (χ2v) is 3.51. The quantitative estimate of drug-likeness (QED) is 0.361. The molecule has 78 valence electrons. The molecule has 0 aromatic heterocycles. The third-order valence-electron chi connectivity index (χ3n) is 2.07. The van der Waals surface area contributed by atoms with Crippen molar-refractivity contribution in [1.29, 1.82) is 0 Å². The molecule has 14 heavy (non-hydrogen) atoms. The van der Waals surface area contributed by atoms with Crippen molar-refractivity contribution in [3.8, 4) is 0 Å². The van der Waals surface area contributed by atoms with Gasteiger partial charge in [-0.3, -0.25) is 9.59 Å². The summed E-state index contributed by atoms with van der Waals surface area (Å²) in [6.45, 7) is 1.79. The molecule has 0 amide bonds. The Labute approximate surface area is 82.6 Å². The standard InChI is InChI=1S/C10H14O4/c1-2-14-10(13)9(12)6-8(11)5-7-3-4-7/h7H,2-6H2,1H3. The first kappa shape index (κ1) is 10.9. The molecule has 1 rings (SSSR count). The van der Waals surface area contributed by atoms with Gasteiger partial charge in [0, 0.05) is 6.42 Å². The van der Waals surface area contributed by atoms with Crippen molar-refractivity contribution in [2.45, 2.75) is 32.6 Å². The van der Waals surface area contributed by atoms with Crippen LogP contribution in [0.2, 0.25) is 0 Å². The maximum Gasteiger partial charge on any atom is 0.375 e. The van der Waals surface area contributed by atoms with Crippen LogP contribution in [0.4, 0.5) is 0 Å². The number of hydrogen-bond acceptors (Lipinski definition) is 4. The van der Waals surface area contributed by atoms with Crippen LogP contribution in [0.1, 0.15) is 32.6 Å². The summed E-state index contributed by atoms with van der Waals surface area (Å²) in [4.78, 5) is 33.1. The second kappa shape index (κ2) is 4.88. The van der Waals surface area contributed by atoms with Crippen LogP contribution in [0.3, 0.4) is 0 Å². The summed E-state index contributed by atoms with van der Waals surface area (Å²) in [7, 11) is 0. The average Bonchev–Trinajstić information content (AvgIpc) is 2.88. The summed E-state index contributed by atoms with van der Waals surface area (Å²) in [6, 6.07) is 0. The lowest BCUT2D eigenvalue weighted by atomic mass is 10.1. The van der Waals surface area contributed by atoms with Gasteiger partial charge >= 0.3 is 5.97 Å². The summed E-state index contributed by atoms with van der Waals surface area (Å²) < 4.78 is 4.48. The normalized spacial score (nSPS) is 14.9. The van der Waals surface area contributed by atoms with E-state index in [0.717, 1.165) is 12.8 Å². The molecule has 0 spiro atoms. The van der Waals surface area contributed by atoms with E-state index in [-0.39, 0.29) is 18.8 Å². The van der Waals surface area contributed by atoms with Crippen LogP contribution in [0.15, 0.2) is 0 Å². The van der Waals surface area contributed by atoms with E-state index in [4.69, 9.17) is 0 Å². The van der Waals surface area contributed by atoms with Gasteiger partial charge in [0.05, 0.1) is 13.0 Å². The molecule has 0 unspecified atom stereocenters. The van der Waals surface area contributed by atoms with Gasteiger partial charge < -0.3 is 4.74 Å². The van der Waals surface area contributed by atoms with Gasteiger partial charge in [-0.25, -0.2) is 4.79 Å². The zero-order valence-electron chi connectivity index (χ0n) is 8.25. The minimum absolute atomic E-state index is 0.148. The predicted octanol–water partition coefficient (Wildman–Crippen LogP) is 0.878. The highest BCUT2D eigenvalue weighted by molar-refractivity contribution is 6.37. The molecular weight excluding hydrogens is 184 g/mol. The van der Waals surface area contributed by atoms with Crippen LogP contribution < -0.4 is 0 Å². The number of Topliss-reactive ketones (excluding diaryl/α,β-unsaturated/α-hetero) is 2. The first-order valence-corrected chi connectivity index (χ1v) is 4.85. The largest absolute Gasteiger partial charge is 0.460 e. The van der Waals surface area contributed by atoms with Crippen LogP contribution in [-0.2, 0) is 19.1 Å². The smallest absolute Gasteiger partial charge is 0.375 e. The molecule has 0 saturated heterocycles. The van der Waals surface area contributed by atoms with Crippen LogP contribution in [0, 0.1) is 5.92 Å². The molecule has 4 heteroatoms. The number of rotatable bonds is 6. The van der Waals surface area contributed by atoms with Crippen molar-refractivity contribution in [3.05, 3.63) is 0 Å². The fourth-order valence-electron chi connectivity index (χ4n) is 1.18. The van der Waals surface area contributed by atoms with E-state index in [1.165, 1.54) is 0 Å². The Morgan fingerprint density at radius 3 is 2.43 bits per heavy atom. The highest BCUT2D eigenvalue weighted by Crippen LogP contribution is 2.32. The van der Waals surface area contributed by atoms with Gasteiger partial charge in [0.1, 0.15) is 5.78 Å². The molecule has 1 saturated carbocycles. The monoisotopic (exact) mass is 198 g/mol. The van der Waals surface area contributed by atoms with Crippen LogP contribution >= 0.6 is 0 Å². The lowest BCUT2D eigenvalue weighted by Gasteiger charge is -1.99. The fraction of sp³-hybridized carbons (Fsp3) is 0.700. The van der Waals surface area contributed by atoms with E-state index in [1.54, 1.807) is 6.92 Å². The SMILES string of the molecule is CCOC(=O)C(=O)CC(=O)CC1CC1. The van der Waals surface area contributed by atoms with Crippen molar-refractivity contribution < 1.29 is 19.1 Å². The zero-order valence-corrected chi connectivity index (χ0v) is 8.25. The summed E-state index contributed by atoms with van der Waals surface area (Å²) in [5.74, 6) is -1.31. The molecule has 0 atom stereocenters. The topological polar surface area (TPSA) is 60.4 Å². The highest BCUT2D eigenvalue weighted by Gasteiger charge is 2.26. The summed E-state index contributed by atoms with van der Waals surface area (Å²) in [5, 5.41) is 0. The molecule has 1 fully saturated rings. The minimum atomic E-state index is -0.892. The van der Waals surface area contributed by atoms with Gasteiger partial charge in [-0.05, 0) is 25.7 Å². The van der Waals surface area contributed by atoms with Gasteiger partial charge in [-0.1, -0.05) is 0 Å². The van der Waals surface area contributed by atoms with Crippen molar-refractivity contribution in [1.82, 2.24) is 0 Å². The lowest BCUT2D eigenvalue weighted by Crippen LogP contribution is -2.20. The third kappa shape index (κ3) is 3.68. The molecule has 0 aliphatic heterocycles. The Morgan fingerprint density at radius 1 is 1.29 bits per heavy atom. The Morgan fingerprint density at radius 2 is 1.93 bits per heavy atom. The molecule has 4 nitrogen and oxygen atoms in total. The lowest BCUT2D eigenvalue weighted by molar-refractivity contribution is -0.154. The highest BCUT2D eigenvalue weighted by atomic mass is 16.5. The molecule has 0 aromatic carbocycles. The Bertz CT molecular complexity index is 253. The molecule has 1 aliphatic carbocycles. The number of hydrogen-bond donors (Lipinski definition) is 0. The number of carbonyl (C=O) groups is 3. The van der Waals surface area contributed by atoms with Crippen LogP contribution in [0.25, 0.3) is 0 Å². The number of carbonyl (C=O) groups excluding carboxylic acids is 3. The van der Waals surface area contributed by atoms with E-state index in [9.17, 15) is 14.4 Å². The van der Waals surface area contributed by atoms with Crippen molar-refractivity contribution in [3.63, 3.8) is 0 Å². The zero-order chi connectivity index (χ0) is 10.6. The number of esters is 1. The van der Waals surface area contributed by atoms with Crippen molar-refractivity contribution in [2.24, 2.45) is 5.92 Å². The van der Waals surface area contributed by atoms with Gasteiger partial charge in [0.2, 0.25) is 5.78 Å². The average molecular weight is 198 g/mol. The summed E-state index contributed by atoms with van der Waals surface area (Å²) >= 11 is 0. The fourth-order valence-corrected chi connectivity index (χ4v) is 1.18. The first-order chi connectivity index (χ1) is 6.63. The van der Waals surface area contributed by atoms with Crippen molar-refractivity contribution >= 4 is 17.5 Å². The van der Waals surface area contributed by atoms with Crippen LogP contribution in [-0.4, -0.2) is 24.1 Å². The number of ether oxygens (including phenoxy) is 1. The maximum atomic E-state index is 11.2. The van der Waals surface area contributed by atoms with Gasteiger partial charge in [0.15, 0.2) is 0 Å². The van der Waals surface area contributed by atoms with Crippen LogP contribution in [0.5, 0.6) is 0 Å². The molecular formula is C10H14O4. The molecule has 0 bridgehead atoms. The predicted molar refractivity (Wildman–Crippen MR) is 48.6 cm³/mol. The van der Waals surface area contributed by atoms with Gasteiger partial charge in [-0.15, -0.1) is 0 Å². The Balaban J connectivity index is 2.23. The van der Waals surface area contributed by atoms with E-state index in [2.05, 4.69) is 4.74 Å². The summed E-state index contributed by atoms with van der Waals surface area (Å²) in [6.07, 6.45) is 2.28. The minimum Gasteiger partial charge on any atom is -0.460 e.